The van der Waals surface area contributed by atoms with E-state index in [4.69, 9.17) is 0 Å². The summed E-state index contributed by atoms with van der Waals surface area (Å²) in [6.45, 7) is 3.00. The van der Waals surface area contributed by atoms with E-state index in [1.54, 1.807) is 18.2 Å². The average molecular weight is 348 g/mol. The Balaban J connectivity index is 1.93. The zero-order valence-electron chi connectivity index (χ0n) is 14.5. The molecule has 2 aromatic carbocycles. The van der Waals surface area contributed by atoms with Gasteiger partial charge in [0.1, 0.15) is 5.75 Å². The molecule has 0 radical (unpaired) electrons. The summed E-state index contributed by atoms with van der Waals surface area (Å²) in [5.74, 6) is -0.231. The molecule has 0 aliphatic carbocycles. The molecule has 25 heavy (non-hydrogen) atoms. The Morgan fingerprint density at radius 2 is 1.84 bits per heavy atom. The minimum Gasteiger partial charge on any atom is -0.433 e. The van der Waals surface area contributed by atoms with E-state index in [-0.39, 0.29) is 24.2 Å². The van der Waals surface area contributed by atoms with Crippen LogP contribution in [-0.2, 0) is 4.79 Å². The number of para-hydroxylation sites is 2. The highest BCUT2D eigenvalue weighted by molar-refractivity contribution is 5.81. The molecular formula is C19H22F2N2O2. The molecule has 0 bridgehead atoms. The molecule has 2 N–H and O–H groups in total. The molecule has 4 nitrogen and oxygen atoms in total. The Bertz CT molecular complexity index is 735. The van der Waals surface area contributed by atoms with E-state index < -0.39 is 6.61 Å². The van der Waals surface area contributed by atoms with Crippen LogP contribution in [0.2, 0.25) is 0 Å². The summed E-state index contributed by atoms with van der Waals surface area (Å²) in [4.78, 5) is 12.1. The van der Waals surface area contributed by atoms with Crippen molar-refractivity contribution < 1.29 is 18.3 Å². The predicted octanol–water partition coefficient (Wildman–Crippen LogP) is 4.19. The van der Waals surface area contributed by atoms with Gasteiger partial charge in [0.2, 0.25) is 5.91 Å². The topological polar surface area (TPSA) is 50.4 Å². The number of hydrogen-bond donors (Lipinski definition) is 2. The lowest BCUT2D eigenvalue weighted by Crippen LogP contribution is -2.32. The van der Waals surface area contributed by atoms with Crippen LogP contribution in [0.25, 0.3) is 0 Å². The number of nitrogens with one attached hydrogen (secondary N) is 2. The molecule has 1 atom stereocenters. The van der Waals surface area contributed by atoms with Crippen molar-refractivity contribution in [1.29, 1.82) is 0 Å². The number of carbonyl (C=O) groups is 1. The fourth-order valence-corrected chi connectivity index (χ4v) is 2.40. The van der Waals surface area contributed by atoms with Gasteiger partial charge in [0, 0.05) is 0 Å². The van der Waals surface area contributed by atoms with Crippen molar-refractivity contribution in [2.75, 3.05) is 11.9 Å². The van der Waals surface area contributed by atoms with Gasteiger partial charge in [0.25, 0.3) is 0 Å². The van der Waals surface area contributed by atoms with E-state index in [0.717, 1.165) is 11.1 Å². The minimum atomic E-state index is -2.92. The number of anilines is 1. The summed E-state index contributed by atoms with van der Waals surface area (Å²) in [5, 5.41) is 5.71. The van der Waals surface area contributed by atoms with Crippen LogP contribution in [0.3, 0.4) is 0 Å². The second-order valence-electron chi connectivity index (χ2n) is 5.86. The van der Waals surface area contributed by atoms with Gasteiger partial charge in [-0.15, -0.1) is 0 Å². The maximum absolute atomic E-state index is 12.4. The number of amides is 1. The maximum atomic E-state index is 12.4. The molecule has 2 rings (SSSR count). The van der Waals surface area contributed by atoms with E-state index in [9.17, 15) is 13.6 Å². The third-order valence-corrected chi connectivity index (χ3v) is 3.95. The zero-order chi connectivity index (χ0) is 18.4. The second-order valence-corrected chi connectivity index (χ2v) is 5.86. The molecule has 0 fully saturated rings. The summed E-state index contributed by atoms with van der Waals surface area (Å²) in [6.07, 6.45) is 0. The number of benzene rings is 2. The van der Waals surface area contributed by atoms with Gasteiger partial charge in [-0.05, 0) is 49.6 Å². The van der Waals surface area contributed by atoms with E-state index in [1.165, 1.54) is 11.6 Å². The van der Waals surface area contributed by atoms with E-state index in [2.05, 4.69) is 15.4 Å². The second kappa shape index (κ2) is 8.46. The van der Waals surface area contributed by atoms with Gasteiger partial charge < -0.3 is 15.4 Å². The molecule has 1 amide bonds. The molecule has 0 aromatic heterocycles. The molecule has 134 valence electrons. The first kappa shape index (κ1) is 18.7. The van der Waals surface area contributed by atoms with Gasteiger partial charge in [-0.3, -0.25) is 4.79 Å². The molecule has 0 spiro atoms. The quantitative estimate of drug-likeness (QED) is 0.789. The highest BCUT2D eigenvalue weighted by Crippen LogP contribution is 2.25. The smallest absolute Gasteiger partial charge is 0.387 e. The van der Waals surface area contributed by atoms with Gasteiger partial charge in [-0.25, -0.2) is 0 Å². The van der Waals surface area contributed by atoms with Crippen molar-refractivity contribution in [1.82, 2.24) is 5.32 Å². The van der Waals surface area contributed by atoms with Crippen molar-refractivity contribution in [3.8, 4) is 5.75 Å². The molecule has 2 aromatic rings. The van der Waals surface area contributed by atoms with Crippen molar-refractivity contribution in [3.63, 3.8) is 0 Å². The maximum Gasteiger partial charge on any atom is 0.387 e. The van der Waals surface area contributed by atoms with E-state index in [0.29, 0.717) is 5.69 Å². The number of alkyl halides is 2. The molecule has 1 unspecified atom stereocenters. The van der Waals surface area contributed by atoms with Gasteiger partial charge in [0.15, 0.2) is 0 Å². The minimum absolute atomic E-state index is 0.00695. The molecule has 0 aliphatic heterocycles. The van der Waals surface area contributed by atoms with Crippen LogP contribution in [0.1, 0.15) is 29.7 Å². The van der Waals surface area contributed by atoms with Crippen LogP contribution in [0, 0.1) is 13.8 Å². The van der Waals surface area contributed by atoms with Gasteiger partial charge in [-0.1, -0.05) is 30.3 Å². The molecule has 0 saturated carbocycles. The van der Waals surface area contributed by atoms with Crippen LogP contribution in [0.15, 0.2) is 42.5 Å². The molecular weight excluding hydrogens is 326 g/mol. The molecule has 6 heteroatoms. The Kier molecular flexibility index (Phi) is 6.33. The summed E-state index contributed by atoms with van der Waals surface area (Å²) >= 11 is 0. The Labute approximate surface area is 146 Å². The number of rotatable bonds is 7. The highest BCUT2D eigenvalue weighted by Gasteiger charge is 2.12. The fraction of sp³-hybridized carbons (Fsp3) is 0.316. The van der Waals surface area contributed by atoms with Gasteiger partial charge in [-0.2, -0.15) is 8.78 Å². The summed E-state index contributed by atoms with van der Waals surface area (Å²) < 4.78 is 29.2. The van der Waals surface area contributed by atoms with Crippen molar-refractivity contribution in [2.24, 2.45) is 0 Å². The summed E-state index contributed by atoms with van der Waals surface area (Å²) in [5.41, 5.74) is 3.71. The lowest BCUT2D eigenvalue weighted by molar-refractivity contribution is -0.120. The van der Waals surface area contributed by atoms with Gasteiger partial charge in [0.05, 0.1) is 18.3 Å². The molecule has 0 aliphatic rings. The normalized spacial score (nSPS) is 11.9. The van der Waals surface area contributed by atoms with Crippen LogP contribution < -0.4 is 15.4 Å². The first-order chi connectivity index (χ1) is 11.9. The first-order valence-electron chi connectivity index (χ1n) is 8.01. The van der Waals surface area contributed by atoms with Crippen molar-refractivity contribution in [3.05, 3.63) is 59.2 Å². The first-order valence-corrected chi connectivity index (χ1v) is 8.01. The fourth-order valence-electron chi connectivity index (χ4n) is 2.40. The lowest BCUT2D eigenvalue weighted by atomic mass is 10.0. The zero-order valence-corrected chi connectivity index (χ0v) is 14.5. The third-order valence-electron chi connectivity index (χ3n) is 3.95. The number of ether oxygens (including phenoxy) is 1. The van der Waals surface area contributed by atoms with E-state index in [1.807, 2.05) is 39.0 Å². The average Bonchev–Trinajstić information content (AvgIpc) is 2.56. The van der Waals surface area contributed by atoms with Gasteiger partial charge >= 0.3 is 6.61 Å². The van der Waals surface area contributed by atoms with Crippen LogP contribution in [-0.4, -0.2) is 19.1 Å². The highest BCUT2D eigenvalue weighted by atomic mass is 19.3. The number of aryl methyl sites for hydroxylation is 2. The largest absolute Gasteiger partial charge is 0.433 e. The SMILES string of the molecule is Cc1ccc(C(C)NC(=O)CNc2ccccc2OC(F)F)cc1C. The lowest BCUT2D eigenvalue weighted by Gasteiger charge is -2.17. The standard InChI is InChI=1S/C19H22F2N2O2/c1-12-8-9-15(10-13(12)2)14(3)23-18(24)11-22-16-6-4-5-7-17(16)25-19(20)21/h4-10,14,19,22H,11H2,1-3H3,(H,23,24). The Hall–Kier alpha value is -2.63. The number of carbonyl (C=O) groups excluding carboxylic acids is 1. The summed E-state index contributed by atoms with van der Waals surface area (Å²) in [7, 11) is 0. The predicted molar refractivity (Wildman–Crippen MR) is 94.0 cm³/mol. The molecule has 0 saturated heterocycles. The van der Waals surface area contributed by atoms with Crippen LogP contribution in [0.5, 0.6) is 5.75 Å². The van der Waals surface area contributed by atoms with Crippen LogP contribution in [0.4, 0.5) is 14.5 Å². The van der Waals surface area contributed by atoms with Crippen molar-refractivity contribution in [2.45, 2.75) is 33.4 Å². The number of hydrogen-bond acceptors (Lipinski definition) is 3. The third kappa shape index (κ3) is 5.45. The van der Waals surface area contributed by atoms with Crippen molar-refractivity contribution >= 4 is 11.6 Å². The van der Waals surface area contributed by atoms with Crippen LogP contribution >= 0.6 is 0 Å². The summed E-state index contributed by atoms with van der Waals surface area (Å²) in [6, 6.07) is 12.2. The monoisotopic (exact) mass is 348 g/mol. The number of halogens is 2. The Morgan fingerprint density at radius 3 is 2.52 bits per heavy atom. The van der Waals surface area contributed by atoms with E-state index >= 15 is 0 Å². The molecule has 0 heterocycles. The Morgan fingerprint density at radius 1 is 1.12 bits per heavy atom.